The fourth-order valence-corrected chi connectivity index (χ4v) is 5.80. The Labute approximate surface area is 240 Å². The quantitative estimate of drug-likeness (QED) is 0.311. The van der Waals surface area contributed by atoms with Crippen molar-refractivity contribution in [1.29, 1.82) is 0 Å². The van der Waals surface area contributed by atoms with Crippen LogP contribution in [0.25, 0.3) is 0 Å². The molecule has 0 heterocycles. The van der Waals surface area contributed by atoms with Crippen molar-refractivity contribution in [1.82, 2.24) is 10.2 Å². The Bertz CT molecular complexity index is 1390. The zero-order valence-electron chi connectivity index (χ0n) is 23.0. The van der Waals surface area contributed by atoms with Gasteiger partial charge in [0.1, 0.15) is 12.6 Å². The van der Waals surface area contributed by atoms with Crippen molar-refractivity contribution in [2.45, 2.75) is 52.1 Å². The number of nitrogens with zero attached hydrogens (tertiary/aromatic N) is 2. The second-order valence-electron chi connectivity index (χ2n) is 10.1. The Morgan fingerprint density at radius 3 is 2.18 bits per heavy atom. The molecule has 7 nitrogen and oxygen atoms in total. The number of halogens is 1. The second kappa shape index (κ2) is 13.3. The summed E-state index contributed by atoms with van der Waals surface area (Å²) in [4.78, 5) is 28.6. The van der Waals surface area contributed by atoms with Crippen molar-refractivity contribution in [3.8, 4) is 0 Å². The van der Waals surface area contributed by atoms with E-state index in [1.807, 2.05) is 64.1 Å². The van der Waals surface area contributed by atoms with Crippen molar-refractivity contribution in [2.24, 2.45) is 5.92 Å². The molecule has 3 rings (SSSR count). The van der Waals surface area contributed by atoms with Crippen LogP contribution in [0.1, 0.15) is 37.5 Å². The van der Waals surface area contributed by atoms with Crippen LogP contribution in [0.3, 0.4) is 0 Å². The molecule has 0 aromatic heterocycles. The van der Waals surface area contributed by atoms with Crippen LogP contribution in [0, 0.1) is 19.8 Å². The molecule has 208 valence electrons. The van der Waals surface area contributed by atoms with Crippen molar-refractivity contribution in [2.75, 3.05) is 17.4 Å². The Balaban J connectivity index is 2.03. The molecule has 3 aromatic rings. The summed E-state index contributed by atoms with van der Waals surface area (Å²) in [5.41, 5.74) is 2.83. The van der Waals surface area contributed by atoms with Crippen LogP contribution < -0.4 is 9.62 Å². The molecule has 39 heavy (non-hydrogen) atoms. The summed E-state index contributed by atoms with van der Waals surface area (Å²) in [5.74, 6) is -0.531. The molecule has 9 heteroatoms. The number of sulfonamides is 1. The van der Waals surface area contributed by atoms with Crippen LogP contribution in [0.2, 0.25) is 0 Å². The van der Waals surface area contributed by atoms with Gasteiger partial charge in [-0.05, 0) is 73.7 Å². The molecule has 0 aliphatic carbocycles. The molecule has 0 saturated heterocycles. The third-order valence-corrected chi connectivity index (χ3v) is 8.66. The number of benzene rings is 3. The van der Waals surface area contributed by atoms with Crippen LogP contribution in [0.15, 0.2) is 82.2 Å². The van der Waals surface area contributed by atoms with Gasteiger partial charge in [0.15, 0.2) is 0 Å². The molecule has 0 fully saturated rings. The summed E-state index contributed by atoms with van der Waals surface area (Å²) in [6.45, 7) is 9.50. The standard InChI is InChI=1S/C30H36BrN3O4S/c1-21(2)18-32-30(36)24(5)33(19-25-13-15-26(31)16-14-25)29(35)20-34(28-17-22(3)11-12-23(28)4)39(37,38)27-9-7-6-8-10-27/h6-17,21,24H,18-20H2,1-5H3,(H,32,36). The minimum atomic E-state index is -4.09. The van der Waals surface area contributed by atoms with E-state index in [0.29, 0.717) is 12.2 Å². The SMILES string of the molecule is Cc1ccc(C)c(N(CC(=O)N(Cc2ccc(Br)cc2)C(C)C(=O)NCC(C)C)S(=O)(=O)c2ccccc2)c1. The molecular formula is C30H36BrN3O4S. The first-order valence-electron chi connectivity index (χ1n) is 12.9. The molecule has 0 bridgehead atoms. The van der Waals surface area contributed by atoms with E-state index in [9.17, 15) is 18.0 Å². The highest BCUT2D eigenvalue weighted by molar-refractivity contribution is 9.10. The first-order chi connectivity index (χ1) is 18.4. The predicted octanol–water partition coefficient (Wildman–Crippen LogP) is 5.45. The monoisotopic (exact) mass is 613 g/mol. The molecule has 0 spiro atoms. The van der Waals surface area contributed by atoms with E-state index in [1.165, 1.54) is 17.0 Å². The molecule has 3 aromatic carbocycles. The van der Waals surface area contributed by atoms with Gasteiger partial charge < -0.3 is 10.2 Å². The number of rotatable bonds is 11. The molecule has 1 atom stereocenters. The average Bonchev–Trinajstić information content (AvgIpc) is 2.91. The fraction of sp³-hybridized carbons (Fsp3) is 0.333. The third-order valence-electron chi connectivity index (χ3n) is 6.36. The van der Waals surface area contributed by atoms with E-state index in [0.717, 1.165) is 25.5 Å². The smallest absolute Gasteiger partial charge is 0.264 e. The lowest BCUT2D eigenvalue weighted by Gasteiger charge is -2.32. The number of aryl methyl sites for hydroxylation is 2. The summed E-state index contributed by atoms with van der Waals surface area (Å²) in [5, 5.41) is 2.90. The first-order valence-corrected chi connectivity index (χ1v) is 15.1. The molecule has 0 aliphatic heterocycles. The van der Waals surface area contributed by atoms with Gasteiger partial charge in [0.25, 0.3) is 10.0 Å². The number of anilines is 1. The predicted molar refractivity (Wildman–Crippen MR) is 159 cm³/mol. The summed E-state index contributed by atoms with van der Waals surface area (Å²) >= 11 is 3.42. The van der Waals surface area contributed by atoms with Crippen molar-refractivity contribution >= 4 is 43.5 Å². The highest BCUT2D eigenvalue weighted by Crippen LogP contribution is 2.28. The molecule has 2 amide bonds. The Kier molecular flexibility index (Phi) is 10.3. The Hall–Kier alpha value is -3.17. The van der Waals surface area contributed by atoms with Crippen LogP contribution in [0.5, 0.6) is 0 Å². The van der Waals surface area contributed by atoms with E-state index >= 15 is 0 Å². The second-order valence-corrected chi connectivity index (χ2v) is 12.9. The van der Waals surface area contributed by atoms with E-state index in [1.54, 1.807) is 31.2 Å². The normalized spacial score (nSPS) is 12.2. The number of nitrogens with one attached hydrogen (secondary N) is 1. The lowest BCUT2D eigenvalue weighted by molar-refractivity contribution is -0.139. The molecular weight excluding hydrogens is 578 g/mol. The maximum absolute atomic E-state index is 14.0. The van der Waals surface area contributed by atoms with Crippen molar-refractivity contribution < 1.29 is 18.0 Å². The molecule has 0 aliphatic rings. The number of amides is 2. The lowest BCUT2D eigenvalue weighted by atomic mass is 10.1. The van der Waals surface area contributed by atoms with Gasteiger partial charge in [-0.2, -0.15) is 0 Å². The minimum absolute atomic E-state index is 0.0842. The van der Waals surface area contributed by atoms with Gasteiger partial charge in [0, 0.05) is 17.6 Å². The average molecular weight is 615 g/mol. The van der Waals surface area contributed by atoms with Gasteiger partial charge in [-0.15, -0.1) is 0 Å². The molecule has 1 unspecified atom stereocenters. The molecule has 0 saturated carbocycles. The van der Waals surface area contributed by atoms with Crippen molar-refractivity contribution in [3.05, 3.63) is 94.0 Å². The van der Waals surface area contributed by atoms with Crippen molar-refractivity contribution in [3.63, 3.8) is 0 Å². The van der Waals surface area contributed by atoms with E-state index in [-0.39, 0.29) is 23.3 Å². The van der Waals surface area contributed by atoms with Gasteiger partial charge >= 0.3 is 0 Å². The van der Waals surface area contributed by atoms with Gasteiger partial charge in [-0.25, -0.2) is 8.42 Å². The van der Waals surface area contributed by atoms with E-state index in [2.05, 4.69) is 21.2 Å². The number of hydrogen-bond donors (Lipinski definition) is 1. The Morgan fingerprint density at radius 2 is 1.56 bits per heavy atom. The van der Waals surface area contributed by atoms with Gasteiger partial charge in [-0.1, -0.05) is 72.2 Å². The summed E-state index contributed by atoms with van der Waals surface area (Å²) < 4.78 is 29.8. The van der Waals surface area contributed by atoms with Crippen LogP contribution >= 0.6 is 15.9 Å². The number of carbonyl (C=O) groups excluding carboxylic acids is 2. The van der Waals surface area contributed by atoms with Crippen LogP contribution in [-0.4, -0.2) is 44.3 Å². The highest BCUT2D eigenvalue weighted by atomic mass is 79.9. The third kappa shape index (κ3) is 7.92. The van der Waals surface area contributed by atoms with E-state index in [4.69, 9.17) is 0 Å². The maximum Gasteiger partial charge on any atom is 0.264 e. The summed E-state index contributed by atoms with van der Waals surface area (Å²) in [7, 11) is -4.09. The van der Waals surface area contributed by atoms with Gasteiger partial charge in [0.2, 0.25) is 11.8 Å². The Morgan fingerprint density at radius 1 is 0.923 bits per heavy atom. The zero-order chi connectivity index (χ0) is 28.7. The van der Waals surface area contributed by atoms with Gasteiger partial charge in [0.05, 0.1) is 10.6 Å². The minimum Gasteiger partial charge on any atom is -0.354 e. The highest BCUT2D eigenvalue weighted by Gasteiger charge is 2.33. The topological polar surface area (TPSA) is 86.8 Å². The summed E-state index contributed by atoms with van der Waals surface area (Å²) in [6, 6.07) is 20.2. The lowest BCUT2D eigenvalue weighted by Crippen LogP contribution is -2.51. The first kappa shape index (κ1) is 30.4. The van der Waals surface area contributed by atoms with E-state index < -0.39 is 28.5 Å². The zero-order valence-corrected chi connectivity index (χ0v) is 25.4. The largest absolute Gasteiger partial charge is 0.354 e. The number of hydrogen-bond acceptors (Lipinski definition) is 4. The molecule has 1 N–H and O–H groups in total. The van der Waals surface area contributed by atoms with Crippen LogP contribution in [0.4, 0.5) is 5.69 Å². The summed E-state index contributed by atoms with van der Waals surface area (Å²) in [6.07, 6.45) is 0. The fourth-order valence-electron chi connectivity index (χ4n) is 4.04. The number of carbonyl (C=O) groups is 2. The maximum atomic E-state index is 14.0. The van der Waals surface area contributed by atoms with Crippen LogP contribution in [-0.2, 0) is 26.2 Å². The molecule has 0 radical (unpaired) electrons. The van der Waals surface area contributed by atoms with Gasteiger partial charge in [-0.3, -0.25) is 13.9 Å².